The highest BCUT2D eigenvalue weighted by molar-refractivity contribution is 6.06. The van der Waals surface area contributed by atoms with E-state index in [0.717, 1.165) is 12.1 Å². The predicted octanol–water partition coefficient (Wildman–Crippen LogP) is 2.82. The molecule has 23 heavy (non-hydrogen) atoms. The minimum atomic E-state index is -0.124. The van der Waals surface area contributed by atoms with Gasteiger partial charge in [0.05, 0.1) is 33.1 Å². The third kappa shape index (κ3) is 3.71. The molecule has 0 saturated heterocycles. The van der Waals surface area contributed by atoms with Crippen LogP contribution in [0, 0.1) is 0 Å². The minimum absolute atomic E-state index is 0.124. The fourth-order valence-corrected chi connectivity index (χ4v) is 2.11. The van der Waals surface area contributed by atoms with Crippen LogP contribution in [0.1, 0.15) is 22.8 Å². The van der Waals surface area contributed by atoms with E-state index in [-0.39, 0.29) is 5.78 Å². The van der Waals surface area contributed by atoms with Crippen LogP contribution < -0.4 is 14.2 Å². The molecule has 6 heteroatoms. The first-order chi connectivity index (χ1) is 11.1. The third-order valence-corrected chi connectivity index (χ3v) is 3.39. The lowest BCUT2D eigenvalue weighted by Gasteiger charge is -2.12. The van der Waals surface area contributed by atoms with Crippen LogP contribution >= 0.6 is 0 Å². The van der Waals surface area contributed by atoms with E-state index in [2.05, 4.69) is 5.10 Å². The van der Waals surface area contributed by atoms with E-state index < -0.39 is 0 Å². The Balaban J connectivity index is 2.28. The van der Waals surface area contributed by atoms with Crippen LogP contribution in [0.25, 0.3) is 6.08 Å². The summed E-state index contributed by atoms with van der Waals surface area (Å²) in [6.07, 6.45) is 6.45. The first-order valence-electron chi connectivity index (χ1n) is 7.17. The maximum absolute atomic E-state index is 12.2. The monoisotopic (exact) mass is 316 g/mol. The fraction of sp³-hybridized carbons (Fsp3) is 0.294. The Hall–Kier alpha value is -2.76. The molecule has 1 aromatic carbocycles. The molecule has 0 unspecified atom stereocenters. The molecule has 0 N–H and O–H groups in total. The Morgan fingerprint density at radius 3 is 2.35 bits per heavy atom. The highest BCUT2D eigenvalue weighted by Gasteiger charge is 2.11. The van der Waals surface area contributed by atoms with Gasteiger partial charge in [-0.25, -0.2) is 0 Å². The van der Waals surface area contributed by atoms with E-state index in [1.165, 1.54) is 6.08 Å². The molecule has 0 aliphatic heterocycles. The molecule has 0 atom stereocenters. The van der Waals surface area contributed by atoms with Gasteiger partial charge in [-0.15, -0.1) is 0 Å². The number of ketones is 1. The Bertz CT molecular complexity index is 719. The van der Waals surface area contributed by atoms with Crippen molar-refractivity contribution in [2.75, 3.05) is 21.3 Å². The zero-order valence-electron chi connectivity index (χ0n) is 13.7. The topological polar surface area (TPSA) is 62.6 Å². The van der Waals surface area contributed by atoms with Crippen molar-refractivity contribution < 1.29 is 19.0 Å². The highest BCUT2D eigenvalue weighted by Crippen LogP contribution is 2.35. The molecule has 0 radical (unpaired) electrons. The van der Waals surface area contributed by atoms with Gasteiger partial charge in [-0.05, 0) is 25.1 Å². The Labute approximate surface area is 135 Å². The summed E-state index contributed by atoms with van der Waals surface area (Å²) in [4.78, 5) is 12.2. The zero-order chi connectivity index (χ0) is 16.8. The number of aromatic nitrogens is 2. The fourth-order valence-electron chi connectivity index (χ4n) is 2.11. The molecule has 122 valence electrons. The largest absolute Gasteiger partial charge is 0.496 e. The van der Waals surface area contributed by atoms with Gasteiger partial charge in [0.1, 0.15) is 5.75 Å². The lowest BCUT2D eigenvalue weighted by molar-refractivity contribution is 0.104. The van der Waals surface area contributed by atoms with Gasteiger partial charge in [0.15, 0.2) is 17.3 Å². The molecule has 0 aliphatic carbocycles. The van der Waals surface area contributed by atoms with Crippen molar-refractivity contribution in [3.05, 3.63) is 41.7 Å². The average molecular weight is 316 g/mol. The molecule has 0 amide bonds. The van der Waals surface area contributed by atoms with Crippen molar-refractivity contribution in [3.63, 3.8) is 0 Å². The zero-order valence-corrected chi connectivity index (χ0v) is 13.7. The predicted molar refractivity (Wildman–Crippen MR) is 87.4 cm³/mol. The van der Waals surface area contributed by atoms with Gasteiger partial charge >= 0.3 is 0 Å². The molecule has 2 aromatic rings. The van der Waals surface area contributed by atoms with E-state index in [9.17, 15) is 4.79 Å². The van der Waals surface area contributed by atoms with Crippen LogP contribution in [-0.2, 0) is 6.54 Å². The average Bonchev–Trinajstić information content (AvgIpc) is 3.07. The van der Waals surface area contributed by atoms with Crippen LogP contribution in [0.2, 0.25) is 0 Å². The molecule has 0 saturated carbocycles. The van der Waals surface area contributed by atoms with Gasteiger partial charge in [-0.1, -0.05) is 0 Å². The normalized spacial score (nSPS) is 10.8. The van der Waals surface area contributed by atoms with Crippen LogP contribution in [0.3, 0.4) is 0 Å². The standard InChI is InChI=1S/C17H20N2O4/c1-5-19-11-13(10-18-19)14(20)7-6-12-8-16(22-3)17(23-4)9-15(12)21-2/h6-11H,5H2,1-4H3/b7-6+. The summed E-state index contributed by atoms with van der Waals surface area (Å²) in [6.45, 7) is 2.69. The van der Waals surface area contributed by atoms with E-state index >= 15 is 0 Å². The molecule has 1 heterocycles. The molecule has 0 fully saturated rings. The maximum Gasteiger partial charge on any atom is 0.189 e. The summed E-state index contributed by atoms with van der Waals surface area (Å²) < 4.78 is 17.5. The van der Waals surface area contributed by atoms with Crippen LogP contribution in [0.15, 0.2) is 30.6 Å². The van der Waals surface area contributed by atoms with Crippen molar-refractivity contribution in [2.45, 2.75) is 13.5 Å². The number of hydrogen-bond donors (Lipinski definition) is 0. The second kappa shape index (κ2) is 7.49. The van der Waals surface area contributed by atoms with E-state index in [1.807, 2.05) is 6.92 Å². The number of hydrogen-bond acceptors (Lipinski definition) is 5. The number of carbonyl (C=O) groups excluding carboxylic acids is 1. The van der Waals surface area contributed by atoms with Gasteiger partial charge in [0.2, 0.25) is 0 Å². The summed E-state index contributed by atoms with van der Waals surface area (Å²) in [5.41, 5.74) is 1.27. The van der Waals surface area contributed by atoms with Crippen molar-refractivity contribution >= 4 is 11.9 Å². The molecular weight excluding hydrogens is 296 g/mol. The summed E-state index contributed by atoms with van der Waals surface area (Å²) in [5.74, 6) is 1.61. The van der Waals surface area contributed by atoms with E-state index in [4.69, 9.17) is 14.2 Å². The molecular formula is C17H20N2O4. The van der Waals surface area contributed by atoms with Crippen molar-refractivity contribution in [3.8, 4) is 17.2 Å². The van der Waals surface area contributed by atoms with Crippen LogP contribution in [-0.4, -0.2) is 36.9 Å². The molecule has 6 nitrogen and oxygen atoms in total. The number of methoxy groups -OCH3 is 3. The second-order valence-corrected chi connectivity index (χ2v) is 4.73. The van der Waals surface area contributed by atoms with E-state index in [0.29, 0.717) is 22.8 Å². The number of rotatable bonds is 7. The minimum Gasteiger partial charge on any atom is -0.496 e. The Morgan fingerprint density at radius 1 is 1.13 bits per heavy atom. The Kier molecular flexibility index (Phi) is 5.41. The third-order valence-electron chi connectivity index (χ3n) is 3.39. The Morgan fingerprint density at radius 2 is 1.78 bits per heavy atom. The highest BCUT2D eigenvalue weighted by atomic mass is 16.5. The smallest absolute Gasteiger partial charge is 0.189 e. The van der Waals surface area contributed by atoms with Gasteiger partial charge in [0.25, 0.3) is 0 Å². The van der Waals surface area contributed by atoms with Gasteiger partial charge in [-0.2, -0.15) is 5.10 Å². The molecule has 2 rings (SSSR count). The maximum atomic E-state index is 12.2. The van der Waals surface area contributed by atoms with Crippen molar-refractivity contribution in [2.24, 2.45) is 0 Å². The SMILES string of the molecule is CCn1cc(C(=O)/C=C/c2cc(OC)c(OC)cc2OC)cn1. The number of aryl methyl sites for hydroxylation is 1. The van der Waals surface area contributed by atoms with Crippen molar-refractivity contribution in [1.29, 1.82) is 0 Å². The summed E-state index contributed by atoms with van der Waals surface area (Å²) in [7, 11) is 4.68. The van der Waals surface area contributed by atoms with Crippen LogP contribution in [0.4, 0.5) is 0 Å². The van der Waals surface area contributed by atoms with E-state index in [1.54, 1.807) is 56.6 Å². The van der Waals surface area contributed by atoms with Crippen LogP contribution in [0.5, 0.6) is 17.2 Å². The lowest BCUT2D eigenvalue weighted by atomic mass is 10.1. The quantitative estimate of drug-likeness (QED) is 0.580. The lowest BCUT2D eigenvalue weighted by Crippen LogP contribution is -1.96. The number of benzene rings is 1. The molecule has 0 bridgehead atoms. The number of allylic oxidation sites excluding steroid dienone is 1. The van der Waals surface area contributed by atoms with Crippen molar-refractivity contribution in [1.82, 2.24) is 9.78 Å². The molecule has 0 aliphatic rings. The molecule has 1 aromatic heterocycles. The number of ether oxygens (including phenoxy) is 3. The van der Waals surface area contributed by atoms with Gasteiger partial charge < -0.3 is 14.2 Å². The summed E-state index contributed by atoms with van der Waals surface area (Å²) in [6, 6.07) is 3.48. The summed E-state index contributed by atoms with van der Waals surface area (Å²) >= 11 is 0. The summed E-state index contributed by atoms with van der Waals surface area (Å²) in [5, 5.41) is 4.10. The number of nitrogens with zero attached hydrogens (tertiary/aromatic N) is 2. The molecule has 0 spiro atoms. The first-order valence-corrected chi connectivity index (χ1v) is 7.17. The van der Waals surface area contributed by atoms with Gasteiger partial charge in [0, 0.05) is 24.4 Å². The van der Waals surface area contributed by atoms with Gasteiger partial charge in [-0.3, -0.25) is 9.48 Å². The first kappa shape index (κ1) is 16.6. The number of carbonyl (C=O) groups is 1. The second-order valence-electron chi connectivity index (χ2n) is 4.73.